The van der Waals surface area contributed by atoms with E-state index in [1.54, 1.807) is 0 Å². The van der Waals surface area contributed by atoms with Crippen LogP contribution in [0.2, 0.25) is 0 Å². The van der Waals surface area contributed by atoms with Crippen molar-refractivity contribution in [3.8, 4) is 0 Å². The van der Waals surface area contributed by atoms with Gasteiger partial charge in [0, 0.05) is 13.2 Å². The molecule has 0 fully saturated rings. The van der Waals surface area contributed by atoms with Gasteiger partial charge in [-0.25, -0.2) is 0 Å². The highest BCUT2D eigenvalue weighted by Crippen LogP contribution is 1.64. The van der Waals surface area contributed by atoms with Gasteiger partial charge in [0.2, 0.25) is 11.8 Å². The first kappa shape index (κ1) is 19.0. The number of carbonyl (C=O) groups is 2. The van der Waals surface area contributed by atoms with Gasteiger partial charge < -0.3 is 16.2 Å². The van der Waals surface area contributed by atoms with E-state index in [2.05, 4.69) is 24.6 Å². The number of amides is 2. The van der Waals surface area contributed by atoms with Crippen molar-refractivity contribution >= 4 is 11.8 Å². The van der Waals surface area contributed by atoms with Gasteiger partial charge >= 0.3 is 0 Å². The molecule has 0 saturated carbocycles. The van der Waals surface area contributed by atoms with Crippen molar-refractivity contribution in [1.29, 1.82) is 0 Å². The Bertz CT molecular complexity index is 171. The molecule has 0 atom stereocenters. The summed E-state index contributed by atoms with van der Waals surface area (Å²) in [7, 11) is 0. The highest BCUT2D eigenvalue weighted by Gasteiger charge is 1.70. The zero-order valence-corrected chi connectivity index (χ0v) is 9.36. The van der Waals surface area contributed by atoms with Crippen LogP contribution < -0.4 is 11.5 Å². The summed E-state index contributed by atoms with van der Waals surface area (Å²) in [6, 6.07) is 0. The smallest absolute Gasteiger partial charge is 0.240 e. The predicted octanol–water partition coefficient (Wildman–Crippen LogP) is 0.358. The second-order valence-corrected chi connectivity index (χ2v) is 1.99. The SMILES string of the molecule is C=CC(N)=O.C=CC(N)=O.CCOCC. The fraction of sp³-hybridized carbons (Fsp3) is 0.400. The molecule has 0 saturated heterocycles. The van der Waals surface area contributed by atoms with Crippen LogP contribution in [0.1, 0.15) is 13.8 Å². The summed E-state index contributed by atoms with van der Waals surface area (Å²) in [5, 5.41) is 0. The van der Waals surface area contributed by atoms with Crippen LogP contribution in [-0.4, -0.2) is 25.0 Å². The predicted molar refractivity (Wildman–Crippen MR) is 60.9 cm³/mol. The van der Waals surface area contributed by atoms with Crippen LogP contribution in [0, 0.1) is 0 Å². The maximum absolute atomic E-state index is 9.47. The largest absolute Gasteiger partial charge is 0.382 e. The molecule has 0 aromatic heterocycles. The Balaban J connectivity index is -0.000000144. The third-order valence-corrected chi connectivity index (χ3v) is 0.811. The van der Waals surface area contributed by atoms with Gasteiger partial charge in [0.05, 0.1) is 0 Å². The Kier molecular flexibility index (Phi) is 23.1. The van der Waals surface area contributed by atoms with Crippen molar-refractivity contribution in [2.45, 2.75) is 13.8 Å². The quantitative estimate of drug-likeness (QED) is 0.664. The molecule has 88 valence electrons. The summed E-state index contributed by atoms with van der Waals surface area (Å²) in [6.45, 7) is 11.8. The van der Waals surface area contributed by atoms with Crippen molar-refractivity contribution < 1.29 is 14.3 Å². The first-order valence-corrected chi connectivity index (χ1v) is 4.37. The minimum absolute atomic E-state index is 0.481. The first-order valence-electron chi connectivity index (χ1n) is 4.37. The van der Waals surface area contributed by atoms with E-state index >= 15 is 0 Å². The molecule has 0 rings (SSSR count). The maximum atomic E-state index is 9.47. The first-order chi connectivity index (χ1) is 6.95. The molecule has 4 N–H and O–H groups in total. The molecule has 5 heteroatoms. The van der Waals surface area contributed by atoms with E-state index in [-0.39, 0.29) is 0 Å². The van der Waals surface area contributed by atoms with Crippen LogP contribution in [0.25, 0.3) is 0 Å². The van der Waals surface area contributed by atoms with Crippen molar-refractivity contribution in [1.82, 2.24) is 0 Å². The Hall–Kier alpha value is -1.62. The van der Waals surface area contributed by atoms with Crippen molar-refractivity contribution in [3.05, 3.63) is 25.3 Å². The fourth-order valence-corrected chi connectivity index (χ4v) is 0.204. The Morgan fingerprint density at radius 2 is 1.27 bits per heavy atom. The molecule has 0 unspecified atom stereocenters. The molecule has 0 aliphatic rings. The van der Waals surface area contributed by atoms with E-state index in [1.807, 2.05) is 13.8 Å². The molecule has 0 aromatic carbocycles. The summed E-state index contributed by atoms with van der Waals surface area (Å²) in [5.74, 6) is -0.963. The third kappa shape index (κ3) is 69.5. The van der Waals surface area contributed by atoms with Crippen LogP contribution in [0.4, 0.5) is 0 Å². The molecule has 0 radical (unpaired) electrons. The molecular formula is C10H20N2O3. The minimum Gasteiger partial charge on any atom is -0.382 e. The summed E-state index contributed by atoms with van der Waals surface area (Å²) in [5.41, 5.74) is 9.07. The molecule has 0 aliphatic carbocycles. The van der Waals surface area contributed by atoms with Crippen LogP contribution in [0.3, 0.4) is 0 Å². The number of nitrogens with two attached hydrogens (primary N) is 2. The Morgan fingerprint density at radius 3 is 1.27 bits per heavy atom. The molecule has 0 spiro atoms. The summed E-state index contributed by atoms with van der Waals surface area (Å²) >= 11 is 0. The fourth-order valence-electron chi connectivity index (χ4n) is 0.204. The van der Waals surface area contributed by atoms with Gasteiger partial charge in [0.1, 0.15) is 0 Å². The van der Waals surface area contributed by atoms with Gasteiger partial charge in [0.25, 0.3) is 0 Å². The van der Waals surface area contributed by atoms with Gasteiger partial charge in [-0.2, -0.15) is 0 Å². The van der Waals surface area contributed by atoms with Gasteiger partial charge in [0.15, 0.2) is 0 Å². The molecule has 0 heterocycles. The molecule has 2 amide bonds. The standard InChI is InChI=1S/C4H10O.2C3H5NO/c1-3-5-4-2;2*1-2-3(4)5/h3-4H2,1-2H3;2*2H,1H2,(H2,4,5). The molecule has 0 bridgehead atoms. The second kappa shape index (κ2) is 18.2. The Labute approximate surface area is 90.8 Å². The van der Waals surface area contributed by atoms with E-state index in [1.165, 1.54) is 0 Å². The number of carbonyl (C=O) groups excluding carboxylic acids is 2. The lowest BCUT2D eigenvalue weighted by molar-refractivity contribution is -0.114. The summed E-state index contributed by atoms with van der Waals surface area (Å²) in [6.07, 6.45) is 2.11. The van der Waals surface area contributed by atoms with E-state index in [9.17, 15) is 9.59 Å². The van der Waals surface area contributed by atoms with Crippen LogP contribution in [0.15, 0.2) is 25.3 Å². The third-order valence-electron chi connectivity index (χ3n) is 0.811. The number of primary amides is 2. The van der Waals surface area contributed by atoms with Crippen LogP contribution >= 0.6 is 0 Å². The topological polar surface area (TPSA) is 95.4 Å². The zero-order valence-electron chi connectivity index (χ0n) is 9.36. The van der Waals surface area contributed by atoms with Crippen LogP contribution in [0.5, 0.6) is 0 Å². The van der Waals surface area contributed by atoms with E-state index in [4.69, 9.17) is 4.74 Å². The van der Waals surface area contributed by atoms with E-state index in [0.29, 0.717) is 0 Å². The van der Waals surface area contributed by atoms with E-state index in [0.717, 1.165) is 25.4 Å². The highest BCUT2D eigenvalue weighted by molar-refractivity contribution is 5.85. The zero-order chi connectivity index (χ0) is 12.7. The van der Waals surface area contributed by atoms with Gasteiger partial charge in [-0.05, 0) is 26.0 Å². The second-order valence-electron chi connectivity index (χ2n) is 1.99. The average Bonchev–Trinajstić information content (AvgIpc) is 2.20. The number of ether oxygens (including phenoxy) is 1. The van der Waals surface area contributed by atoms with Crippen molar-refractivity contribution in [2.75, 3.05) is 13.2 Å². The maximum Gasteiger partial charge on any atom is 0.240 e. The average molecular weight is 216 g/mol. The lowest BCUT2D eigenvalue weighted by atomic mass is 10.6. The molecule has 15 heavy (non-hydrogen) atoms. The highest BCUT2D eigenvalue weighted by atomic mass is 16.5. The number of hydrogen-bond acceptors (Lipinski definition) is 3. The molecule has 5 nitrogen and oxygen atoms in total. The van der Waals surface area contributed by atoms with Crippen molar-refractivity contribution in [3.63, 3.8) is 0 Å². The molecule has 0 aromatic rings. The summed E-state index contributed by atoms with van der Waals surface area (Å²) < 4.78 is 4.83. The lowest BCUT2D eigenvalue weighted by Gasteiger charge is -1.86. The van der Waals surface area contributed by atoms with Crippen molar-refractivity contribution in [2.24, 2.45) is 11.5 Å². The summed E-state index contributed by atoms with van der Waals surface area (Å²) in [4.78, 5) is 18.9. The van der Waals surface area contributed by atoms with Gasteiger partial charge in [-0.1, -0.05) is 13.2 Å². The van der Waals surface area contributed by atoms with E-state index < -0.39 is 11.8 Å². The minimum atomic E-state index is -0.481. The van der Waals surface area contributed by atoms with Gasteiger partial charge in [-0.3, -0.25) is 9.59 Å². The number of rotatable bonds is 4. The van der Waals surface area contributed by atoms with Crippen LogP contribution in [-0.2, 0) is 14.3 Å². The number of hydrogen-bond donors (Lipinski definition) is 2. The monoisotopic (exact) mass is 216 g/mol. The molecule has 0 aliphatic heterocycles. The molecular weight excluding hydrogens is 196 g/mol. The Morgan fingerprint density at radius 1 is 1.07 bits per heavy atom. The lowest BCUT2D eigenvalue weighted by Crippen LogP contribution is -2.04. The van der Waals surface area contributed by atoms with Gasteiger partial charge in [-0.15, -0.1) is 0 Å². The normalized spacial score (nSPS) is 7.07.